The Morgan fingerprint density at radius 2 is 1.88 bits per heavy atom. The van der Waals surface area contributed by atoms with Crippen molar-refractivity contribution in [3.8, 4) is 0 Å². The number of methoxy groups -OCH3 is 1. The van der Waals surface area contributed by atoms with Gasteiger partial charge in [-0.2, -0.15) is 0 Å². The molecule has 1 aromatic carbocycles. The molecule has 1 unspecified atom stereocenters. The van der Waals surface area contributed by atoms with Crippen LogP contribution in [-0.2, 0) is 4.74 Å². The van der Waals surface area contributed by atoms with E-state index >= 15 is 0 Å². The Labute approximate surface area is 110 Å². The highest BCUT2D eigenvalue weighted by molar-refractivity contribution is 7.73. The van der Waals surface area contributed by atoms with Crippen LogP contribution < -0.4 is 0 Å². The average Bonchev–Trinajstić information content (AvgIpc) is 2.28. The van der Waals surface area contributed by atoms with Gasteiger partial charge in [-0.1, -0.05) is 44.7 Å². The fourth-order valence-corrected chi connectivity index (χ4v) is 4.78. The van der Waals surface area contributed by atoms with Crippen molar-refractivity contribution in [3.05, 3.63) is 34.3 Å². The zero-order valence-corrected chi connectivity index (χ0v) is 12.8. The highest BCUT2D eigenvalue weighted by atomic mass is 35.5. The lowest BCUT2D eigenvalue weighted by Gasteiger charge is -2.31. The van der Waals surface area contributed by atoms with E-state index in [0.29, 0.717) is 0 Å². The van der Waals surface area contributed by atoms with Gasteiger partial charge in [-0.3, -0.25) is 0 Å². The Morgan fingerprint density at radius 3 is 2.29 bits per heavy atom. The zero-order chi connectivity index (χ0) is 13.1. The van der Waals surface area contributed by atoms with Crippen molar-refractivity contribution in [2.45, 2.75) is 26.6 Å². The van der Waals surface area contributed by atoms with Crippen LogP contribution in [-0.4, -0.2) is 25.7 Å². The first-order chi connectivity index (χ1) is 7.96. The molecule has 0 amide bonds. The Morgan fingerprint density at radius 1 is 1.29 bits per heavy atom. The van der Waals surface area contributed by atoms with Gasteiger partial charge in [-0.15, -0.1) is 0 Å². The van der Waals surface area contributed by atoms with E-state index in [1.54, 1.807) is 7.11 Å². The summed E-state index contributed by atoms with van der Waals surface area (Å²) in [5.41, 5.74) is 2.35. The van der Waals surface area contributed by atoms with E-state index < -0.39 is 6.89 Å². The SMILES string of the molecule is C=P(CC)(CC)C(OC)c1cc(C)cc(Cl)c1. The third-order valence-corrected chi connectivity index (χ3v) is 7.57. The molecule has 0 saturated carbocycles. The molecule has 1 atom stereocenters. The predicted octanol–water partition coefficient (Wildman–Crippen LogP) is 4.78. The van der Waals surface area contributed by atoms with Crippen molar-refractivity contribution in [2.24, 2.45) is 0 Å². The second kappa shape index (κ2) is 6.09. The van der Waals surface area contributed by atoms with Crippen LogP contribution in [0.5, 0.6) is 0 Å². The molecular formula is C14H22ClOP. The summed E-state index contributed by atoms with van der Waals surface area (Å²) in [7, 11) is 1.77. The van der Waals surface area contributed by atoms with Gasteiger partial charge in [0.2, 0.25) is 0 Å². The summed E-state index contributed by atoms with van der Waals surface area (Å²) in [6, 6.07) is 6.14. The van der Waals surface area contributed by atoms with Crippen LogP contribution >= 0.6 is 18.5 Å². The monoisotopic (exact) mass is 272 g/mol. The molecule has 0 N–H and O–H groups in total. The normalized spacial score (nSPS) is 13.7. The van der Waals surface area contributed by atoms with Crippen LogP contribution in [0, 0.1) is 6.92 Å². The third-order valence-electron chi connectivity index (χ3n) is 3.33. The molecule has 96 valence electrons. The molecule has 0 saturated heterocycles. The smallest absolute Gasteiger partial charge is 0.100 e. The van der Waals surface area contributed by atoms with E-state index in [9.17, 15) is 0 Å². The third kappa shape index (κ3) is 3.37. The zero-order valence-electron chi connectivity index (χ0n) is 11.2. The molecule has 0 aromatic heterocycles. The number of hydrogen-bond acceptors (Lipinski definition) is 1. The van der Waals surface area contributed by atoms with Gasteiger partial charge >= 0.3 is 0 Å². The van der Waals surface area contributed by atoms with Crippen molar-refractivity contribution >= 4 is 24.8 Å². The lowest BCUT2D eigenvalue weighted by molar-refractivity contribution is 0.170. The second-order valence-corrected chi connectivity index (χ2v) is 9.11. The summed E-state index contributed by atoms with van der Waals surface area (Å²) in [5.74, 6) is 0.106. The predicted molar refractivity (Wildman–Crippen MR) is 81.1 cm³/mol. The number of hydrogen-bond donors (Lipinski definition) is 0. The van der Waals surface area contributed by atoms with Crippen molar-refractivity contribution in [1.82, 2.24) is 0 Å². The molecular weight excluding hydrogens is 251 g/mol. The van der Waals surface area contributed by atoms with E-state index in [4.69, 9.17) is 16.3 Å². The average molecular weight is 273 g/mol. The molecule has 0 radical (unpaired) electrons. The van der Waals surface area contributed by atoms with E-state index in [0.717, 1.165) is 17.3 Å². The van der Waals surface area contributed by atoms with Crippen LogP contribution in [0.15, 0.2) is 18.2 Å². The van der Waals surface area contributed by atoms with Crippen molar-refractivity contribution in [3.63, 3.8) is 0 Å². The first kappa shape index (κ1) is 14.8. The van der Waals surface area contributed by atoms with Crippen LogP contribution in [0.25, 0.3) is 0 Å². The maximum atomic E-state index is 6.12. The van der Waals surface area contributed by atoms with Gasteiger partial charge in [0.25, 0.3) is 0 Å². The Hall–Kier alpha value is -0.230. The molecule has 1 nitrogen and oxygen atoms in total. The molecule has 1 rings (SSSR count). The van der Waals surface area contributed by atoms with E-state index in [1.807, 2.05) is 12.1 Å². The fourth-order valence-electron chi connectivity index (χ4n) is 2.14. The highest BCUT2D eigenvalue weighted by Crippen LogP contribution is 2.58. The van der Waals surface area contributed by atoms with Gasteiger partial charge in [0, 0.05) is 12.1 Å². The van der Waals surface area contributed by atoms with Gasteiger partial charge in [-0.25, -0.2) is 0 Å². The van der Waals surface area contributed by atoms with Gasteiger partial charge < -0.3 is 4.74 Å². The summed E-state index contributed by atoms with van der Waals surface area (Å²) >= 11 is 6.12. The van der Waals surface area contributed by atoms with E-state index in [-0.39, 0.29) is 5.85 Å². The summed E-state index contributed by atoms with van der Waals surface area (Å²) < 4.78 is 5.72. The van der Waals surface area contributed by atoms with Crippen LogP contribution in [0.3, 0.4) is 0 Å². The first-order valence-corrected chi connectivity index (χ1v) is 8.77. The van der Waals surface area contributed by atoms with Gasteiger partial charge in [0.05, 0.1) is 0 Å². The number of ether oxygens (including phenoxy) is 1. The van der Waals surface area contributed by atoms with Gasteiger partial charge in [0.15, 0.2) is 0 Å². The van der Waals surface area contributed by atoms with Crippen molar-refractivity contribution in [1.29, 1.82) is 0 Å². The lowest BCUT2D eigenvalue weighted by Crippen LogP contribution is -2.07. The fraction of sp³-hybridized carbons (Fsp3) is 0.500. The van der Waals surface area contributed by atoms with Crippen molar-refractivity contribution in [2.75, 3.05) is 19.4 Å². The van der Waals surface area contributed by atoms with E-state index in [2.05, 4.69) is 33.1 Å². The standard InChI is InChI=1S/C14H22ClOP/c1-6-17(5,7-2)14(16-4)12-8-11(3)9-13(15)10-12/h8-10,14H,5-7H2,1-4H3. The number of aryl methyl sites for hydroxylation is 1. The molecule has 0 aliphatic rings. The number of benzene rings is 1. The minimum Gasteiger partial charge on any atom is -0.372 e. The molecule has 0 bridgehead atoms. The highest BCUT2D eigenvalue weighted by Gasteiger charge is 2.24. The largest absolute Gasteiger partial charge is 0.372 e. The Kier molecular flexibility index (Phi) is 5.31. The van der Waals surface area contributed by atoms with Gasteiger partial charge in [0.1, 0.15) is 5.85 Å². The maximum absolute atomic E-state index is 6.12. The van der Waals surface area contributed by atoms with Crippen LogP contribution in [0.4, 0.5) is 0 Å². The lowest BCUT2D eigenvalue weighted by atomic mass is 10.1. The van der Waals surface area contributed by atoms with Crippen molar-refractivity contribution < 1.29 is 4.74 Å². The molecule has 3 heteroatoms. The summed E-state index contributed by atoms with van der Waals surface area (Å²) in [6.07, 6.45) is 6.64. The number of halogens is 1. The molecule has 17 heavy (non-hydrogen) atoms. The number of rotatable bonds is 5. The minimum atomic E-state index is -1.33. The Bertz CT molecular complexity index is 400. The quantitative estimate of drug-likeness (QED) is 0.701. The Balaban J connectivity index is 3.22. The molecule has 0 heterocycles. The summed E-state index contributed by atoms with van der Waals surface area (Å²) in [6.45, 7) is 5.13. The van der Waals surface area contributed by atoms with Crippen LogP contribution in [0.2, 0.25) is 5.02 Å². The molecule has 1 aromatic rings. The summed E-state index contributed by atoms with van der Waals surface area (Å²) in [5, 5.41) is 0.779. The molecule has 0 fully saturated rings. The molecule has 0 aliphatic heterocycles. The van der Waals surface area contributed by atoms with E-state index in [1.165, 1.54) is 11.1 Å². The molecule has 0 aliphatic carbocycles. The summed E-state index contributed by atoms with van der Waals surface area (Å²) in [4.78, 5) is 0. The maximum Gasteiger partial charge on any atom is 0.100 e. The topological polar surface area (TPSA) is 9.23 Å². The first-order valence-electron chi connectivity index (χ1n) is 5.97. The van der Waals surface area contributed by atoms with Gasteiger partial charge in [-0.05, 0) is 42.5 Å². The molecule has 0 spiro atoms. The second-order valence-electron chi connectivity index (χ2n) is 4.50. The minimum absolute atomic E-state index is 0.106. The van der Waals surface area contributed by atoms with Crippen LogP contribution in [0.1, 0.15) is 30.8 Å².